The monoisotopic (exact) mass is 2090 g/mol. The SMILES string of the molecule is Nc1nc2c(ncn2[C@@H]2O[C@@H]3COP(=O)(S)OC4[C@@H](COP(O)(=S)O[C@H]2C3)O[C@@H](n2cnc3c(N)ccnc32)[C@H]4O)c(=O)[nH]1.Nc1nc2c(ncn2[C@@H]2O[C@@H]3COP(O)(=S)OC4[C@@H](COP(O)(=S)O[C@H]2C3)O[C@@H](n2cnc3c(N)ccnc32)[C@H]4O)c(=O)[nH]1.Nc1nc2c(ncn2[C@@H]2O[C@@H]3COP(O)(=S)OC4[C@@H](COP(O)(=S)O[C@H]2C3O)O[C@@H](n2cnc3c(N)ccnc32)[C@H]4F)c(=O)[nH]1. The molecule has 10 unspecified atom stereocenters. The van der Waals surface area contributed by atoms with Crippen LogP contribution >= 0.6 is 52.6 Å². The number of imidazole rings is 6. The number of alkyl halides is 1. The molecule has 0 aliphatic carbocycles. The number of hydrogen-bond acceptors (Lipinski definition) is 48. The fourth-order valence-corrected chi connectivity index (χ4v) is 24.8. The molecule has 6 bridgehead atoms. The van der Waals surface area contributed by atoms with Crippen LogP contribution in [-0.2, 0) is 146 Å². The van der Waals surface area contributed by atoms with Gasteiger partial charge < -0.3 is 134 Å². The highest BCUT2D eigenvalue weighted by molar-refractivity contribution is 8.44. The molecule has 0 spiro atoms. The number of halogens is 1. The molecule has 57 nitrogen and oxygen atoms in total. The number of rotatable bonds is 6. The number of thiol groups is 1. The van der Waals surface area contributed by atoms with Gasteiger partial charge in [0.2, 0.25) is 17.8 Å². The molecule has 12 aromatic rings. The number of aliphatic hydroxyl groups is 3. The summed E-state index contributed by atoms with van der Waals surface area (Å²) < 4.78 is 142. The molecular weight excluding hydrogens is 2010 g/mol. The number of ether oxygens (including phenoxy) is 6. The van der Waals surface area contributed by atoms with E-state index in [0.717, 1.165) is 0 Å². The largest absolute Gasteiger partial charge is 0.397 e. The van der Waals surface area contributed by atoms with Gasteiger partial charge in [0.05, 0.1) is 107 Å². The molecule has 9 aliphatic rings. The van der Waals surface area contributed by atoms with Crippen molar-refractivity contribution in [1.29, 1.82) is 0 Å². The topological polar surface area (TPSA) is 784 Å². The molecule has 21 rings (SSSR count). The fourth-order valence-electron chi connectivity index (χ4n) is 16.1. The molecule has 0 amide bonds. The minimum absolute atomic E-state index is 0.00399. The van der Waals surface area contributed by atoms with Gasteiger partial charge in [0.15, 0.2) is 94.0 Å². The Labute approximate surface area is 770 Å². The number of pyridine rings is 3. The molecule has 0 radical (unpaired) electrons. The first-order chi connectivity index (χ1) is 63.1. The smallest absolute Gasteiger partial charge is 0.386 e. The van der Waals surface area contributed by atoms with Gasteiger partial charge >= 0.3 is 40.4 Å². The Morgan fingerprint density at radius 3 is 1.08 bits per heavy atom. The normalized spacial score (nSPS) is 36.9. The van der Waals surface area contributed by atoms with Crippen LogP contribution in [0, 0.1) is 0 Å². The molecule has 9 fully saturated rings. The summed E-state index contributed by atoms with van der Waals surface area (Å²) >= 11 is 30.4. The van der Waals surface area contributed by atoms with Crippen molar-refractivity contribution in [2.24, 2.45) is 0 Å². The first-order valence-corrected chi connectivity index (χ1v) is 54.7. The molecule has 9 aliphatic heterocycles. The van der Waals surface area contributed by atoms with Gasteiger partial charge in [-0.15, -0.1) is 0 Å². The minimum atomic E-state index is -4.26. The molecule has 23 N–H and O–H groups in total. The zero-order valence-corrected chi connectivity index (χ0v) is 77.3. The van der Waals surface area contributed by atoms with Crippen LogP contribution in [0.3, 0.4) is 0 Å². The average Bonchev–Trinajstić information content (AvgIpc) is 1.62. The van der Waals surface area contributed by atoms with Gasteiger partial charge in [0.1, 0.15) is 95.9 Å². The van der Waals surface area contributed by atoms with Crippen LogP contribution < -0.4 is 51.1 Å². The molecule has 0 aromatic carbocycles. The van der Waals surface area contributed by atoms with E-state index in [2.05, 4.69) is 87.0 Å². The van der Waals surface area contributed by atoms with Crippen LogP contribution in [0.4, 0.5) is 39.3 Å². The third kappa shape index (κ3) is 18.9. The van der Waals surface area contributed by atoms with E-state index in [1.54, 1.807) is 12.1 Å². The van der Waals surface area contributed by atoms with E-state index >= 15 is 4.39 Å². The van der Waals surface area contributed by atoms with E-state index in [0.29, 0.717) is 44.9 Å². The van der Waals surface area contributed by atoms with E-state index in [1.165, 1.54) is 90.0 Å². The maximum absolute atomic E-state index is 16.0. The highest BCUT2D eigenvalue weighted by atomic mass is 32.7. The summed E-state index contributed by atoms with van der Waals surface area (Å²) in [7, 11) is 0. The highest BCUT2D eigenvalue weighted by Gasteiger charge is 2.57. The summed E-state index contributed by atoms with van der Waals surface area (Å²) in [5.74, 6) is -0.524. The zero-order valence-electron chi connectivity index (χ0n) is 66.9. The van der Waals surface area contributed by atoms with E-state index in [-0.39, 0.29) is 83.0 Å². The lowest BCUT2D eigenvalue weighted by atomic mass is 10.1. The van der Waals surface area contributed by atoms with Crippen molar-refractivity contribution in [3.8, 4) is 0 Å². The van der Waals surface area contributed by atoms with E-state index in [9.17, 15) is 58.7 Å². The van der Waals surface area contributed by atoms with E-state index < -0.39 is 219 Å². The van der Waals surface area contributed by atoms with Crippen molar-refractivity contribution in [1.82, 2.24) is 102 Å². The first-order valence-electron chi connectivity index (χ1n) is 39.0. The summed E-state index contributed by atoms with van der Waals surface area (Å²) in [5.41, 5.74) is 36.4. The van der Waals surface area contributed by atoms with Crippen LogP contribution in [0.2, 0.25) is 0 Å². The van der Waals surface area contributed by atoms with Crippen molar-refractivity contribution in [2.45, 2.75) is 148 Å². The number of fused-ring (bicyclic) bond motifs is 15. The van der Waals surface area contributed by atoms with Crippen molar-refractivity contribution < 1.29 is 131 Å². The second-order valence-electron chi connectivity index (χ2n) is 30.6. The summed E-state index contributed by atoms with van der Waals surface area (Å²) in [6.45, 7) is -27.4. The quantitative estimate of drug-likeness (QED) is 0.0726. The number of nitrogens with two attached hydrogens (primary N) is 6. The van der Waals surface area contributed by atoms with Crippen LogP contribution in [0.5, 0.6) is 0 Å². The fraction of sp³-hybridized carbons (Fsp3) is 0.476. The van der Waals surface area contributed by atoms with Crippen LogP contribution in [-0.4, -0.2) is 279 Å². The van der Waals surface area contributed by atoms with Gasteiger partial charge in [-0.05, 0) is 77.2 Å². The van der Waals surface area contributed by atoms with Crippen molar-refractivity contribution in [3.05, 3.63) is 106 Å². The first kappa shape index (κ1) is 94.4. The number of nitrogens with zero attached hydrogens (tertiary/aromatic N) is 18. The zero-order chi connectivity index (χ0) is 93.8. The number of aromatic nitrogens is 21. The lowest BCUT2D eigenvalue weighted by Gasteiger charge is -2.28. The molecule has 0 saturated carbocycles. The van der Waals surface area contributed by atoms with Gasteiger partial charge in [-0.1, -0.05) is 12.2 Å². The maximum atomic E-state index is 16.0. The van der Waals surface area contributed by atoms with Gasteiger partial charge in [-0.25, -0.2) is 53.8 Å². The molecule has 12 aromatic heterocycles. The lowest BCUT2D eigenvalue weighted by Crippen LogP contribution is -2.36. The summed E-state index contributed by atoms with van der Waals surface area (Å²) in [4.78, 5) is 149. The van der Waals surface area contributed by atoms with Gasteiger partial charge in [-0.2, -0.15) is 15.0 Å². The summed E-state index contributed by atoms with van der Waals surface area (Å²) in [6, 6.07) is 4.68. The van der Waals surface area contributed by atoms with Crippen LogP contribution in [0.1, 0.15) is 50.2 Å². The Hall–Kier alpha value is -7.57. The molecule has 70 heteroatoms. The Kier molecular flexibility index (Phi) is 25.8. The van der Waals surface area contributed by atoms with Gasteiger partial charge in [-0.3, -0.25) is 79.4 Å². The Balaban J connectivity index is 0.000000129. The number of anilines is 6. The van der Waals surface area contributed by atoms with Crippen molar-refractivity contribution in [2.75, 3.05) is 74.0 Å². The molecule has 714 valence electrons. The number of hydrogen-bond donors (Lipinski definition) is 18. The van der Waals surface area contributed by atoms with Crippen molar-refractivity contribution in [3.63, 3.8) is 0 Å². The Morgan fingerprint density at radius 2 is 0.669 bits per heavy atom. The van der Waals surface area contributed by atoms with Gasteiger partial charge in [0, 0.05) is 31.4 Å². The number of aromatic amines is 3. The summed E-state index contributed by atoms with van der Waals surface area (Å²) in [5, 5.41) is 33.7. The number of H-pyrrole nitrogens is 3. The minimum Gasteiger partial charge on any atom is -0.397 e. The van der Waals surface area contributed by atoms with E-state index in [4.69, 9.17) is 176 Å². The maximum Gasteiger partial charge on any atom is 0.386 e. The van der Waals surface area contributed by atoms with Crippen LogP contribution in [0.25, 0.3) is 67.0 Å². The molecule has 133 heavy (non-hydrogen) atoms. The molecule has 9 saturated heterocycles. The van der Waals surface area contributed by atoms with Gasteiger partial charge in [0.25, 0.3) is 16.7 Å². The Bertz CT molecular complexity index is 6780. The third-order valence-corrected chi connectivity index (χ3v) is 31.4. The standard InChI is InChI=1S/C21H24FN9O10P2S2.2C21H25N9O10P2S2/c22-10-14-9(39-19(10)30-5-26-11-7(23)1-2-25-16(11)30)4-37-43(35,45)41-15-13(32)8(3-36-42(34,44)40-14)38-20(15)31-6-27-12-17(31)28-21(24)29-18(12)33;2*22-9-1-2-24-16-12(9)25-6-29(16)20-14(31)15-11(38-20)5-36-41(33,43)39-10-3-8(4-35-42(34,44)40-15)37-19(10)30-7-26-13-17(30)27-21(23)28-18(13)32/h1-2,5-6,8-10,13-15,19-20,32H,3-4H2,(H2,23,25)(H,34,44)(H,35,45)(H3,24,28,29,33);2*1-2,6-8,10-11,14-15,19-20,31H,3-5H2,(H2,22,24)(H,33,43)(H,34,44)(H3,23,27,28,32)/t8-,9-,10+,13?,14?,15+,19-,20-,42?,43?;2*8-,10-,11+,14-,15?,19+,20+,41?,42?/m100/s1. The number of aliphatic hydroxyl groups excluding tert-OH is 3. The molecule has 21 heterocycles. The van der Waals surface area contributed by atoms with Crippen LogP contribution in [0.15, 0.2) is 89.1 Å². The van der Waals surface area contributed by atoms with Crippen molar-refractivity contribution >= 4 is 214 Å². The molecular formula is C63H74FN27O30P6S6. The highest BCUT2D eigenvalue weighted by Crippen LogP contribution is 2.61. The predicted octanol–water partition coefficient (Wildman–Crippen LogP) is -0.654. The second-order valence-corrected chi connectivity index (χ2v) is 47.4. The predicted molar refractivity (Wildman–Crippen MR) is 473 cm³/mol. The molecule has 28 atom stereocenters. The lowest BCUT2D eigenvalue weighted by molar-refractivity contribution is -0.0603. The average molecular weight is 2090 g/mol. The van der Waals surface area contributed by atoms with E-state index in [1.807, 2.05) is 0 Å². The second kappa shape index (κ2) is 36.3. The summed E-state index contributed by atoms with van der Waals surface area (Å²) in [6.07, 6.45) is -15.1. The number of nitrogens with one attached hydrogen (secondary N) is 3. The Morgan fingerprint density at radius 1 is 0.361 bits per heavy atom. The third-order valence-electron chi connectivity index (χ3n) is 22.0. The number of nitrogen functional groups attached to an aromatic ring is 6.